The Morgan fingerprint density at radius 1 is 1.38 bits per heavy atom. The molecule has 1 saturated heterocycles. The Morgan fingerprint density at radius 2 is 2.23 bits per heavy atom. The summed E-state index contributed by atoms with van der Waals surface area (Å²) in [5, 5.41) is 4.52. The molecule has 136 valence electrons. The van der Waals surface area contributed by atoms with Crippen molar-refractivity contribution < 1.29 is 17.6 Å². The Labute approximate surface area is 154 Å². The second-order valence-electron chi connectivity index (χ2n) is 6.11. The number of fused-ring (bicyclic) bond motifs is 1. The minimum absolute atomic E-state index is 0.260. The molecule has 1 aromatic carbocycles. The van der Waals surface area contributed by atoms with Gasteiger partial charge in [0.15, 0.2) is 11.5 Å². The number of anilines is 1. The van der Waals surface area contributed by atoms with Gasteiger partial charge in [-0.1, -0.05) is 6.07 Å². The van der Waals surface area contributed by atoms with Crippen LogP contribution in [0, 0.1) is 6.92 Å². The number of amides is 1. The topological polar surface area (TPSA) is 92.5 Å². The molecule has 1 N–H and O–H groups in total. The normalized spacial score (nSPS) is 18.4. The molecule has 1 atom stereocenters. The van der Waals surface area contributed by atoms with E-state index in [1.807, 2.05) is 0 Å². The number of nitrogens with zero attached hydrogens (tertiary/aromatic N) is 2. The largest absolute Gasteiger partial charge is 0.441 e. The Bertz CT molecular complexity index is 1060. The van der Waals surface area contributed by atoms with E-state index < -0.39 is 16.1 Å². The van der Waals surface area contributed by atoms with Crippen LogP contribution in [0.1, 0.15) is 18.7 Å². The lowest BCUT2D eigenvalue weighted by atomic mass is 10.2. The van der Waals surface area contributed by atoms with Crippen LogP contribution in [-0.2, 0) is 14.8 Å². The van der Waals surface area contributed by atoms with E-state index >= 15 is 0 Å². The van der Waals surface area contributed by atoms with Crippen molar-refractivity contribution in [3.63, 3.8) is 0 Å². The van der Waals surface area contributed by atoms with Gasteiger partial charge in [-0.2, -0.15) is 4.31 Å². The molecule has 1 aliphatic heterocycles. The van der Waals surface area contributed by atoms with E-state index in [1.165, 1.54) is 4.31 Å². The van der Waals surface area contributed by atoms with Crippen molar-refractivity contribution in [2.75, 3.05) is 11.9 Å². The number of aryl methyl sites for hydroxylation is 1. The summed E-state index contributed by atoms with van der Waals surface area (Å²) in [7, 11) is -3.65. The van der Waals surface area contributed by atoms with E-state index in [4.69, 9.17) is 4.42 Å². The third kappa shape index (κ3) is 3.02. The molecule has 7 nitrogen and oxygen atoms in total. The summed E-state index contributed by atoms with van der Waals surface area (Å²) in [6.45, 7) is 2.10. The highest BCUT2D eigenvalue weighted by Gasteiger charge is 2.39. The van der Waals surface area contributed by atoms with Crippen LogP contribution in [0.2, 0.25) is 0 Å². The molecule has 4 rings (SSSR count). The van der Waals surface area contributed by atoms with Gasteiger partial charge < -0.3 is 9.73 Å². The molecule has 2 aromatic heterocycles. The van der Waals surface area contributed by atoms with E-state index in [9.17, 15) is 13.2 Å². The number of nitrogens with one attached hydrogen (secondary N) is 1. The third-order valence-corrected chi connectivity index (χ3v) is 7.61. The average molecular weight is 391 g/mol. The molecule has 9 heteroatoms. The predicted molar refractivity (Wildman–Crippen MR) is 98.6 cm³/mol. The lowest BCUT2D eigenvalue weighted by molar-refractivity contribution is -0.119. The minimum atomic E-state index is -3.65. The van der Waals surface area contributed by atoms with Crippen molar-refractivity contribution in [3.8, 4) is 0 Å². The maximum atomic E-state index is 12.8. The van der Waals surface area contributed by atoms with Crippen molar-refractivity contribution in [1.82, 2.24) is 9.29 Å². The van der Waals surface area contributed by atoms with Gasteiger partial charge in [-0.25, -0.2) is 13.4 Å². The number of rotatable bonds is 4. The summed E-state index contributed by atoms with van der Waals surface area (Å²) in [6.07, 6.45) is 1.16. The molecule has 0 radical (unpaired) electrons. The zero-order chi connectivity index (χ0) is 18.3. The lowest BCUT2D eigenvalue weighted by Crippen LogP contribution is -2.42. The summed E-state index contributed by atoms with van der Waals surface area (Å²) in [4.78, 5) is 16.9. The summed E-state index contributed by atoms with van der Waals surface area (Å²) in [6, 6.07) is 7.73. The second-order valence-corrected chi connectivity index (χ2v) is 9.18. The molecular formula is C17H17N3O4S2. The highest BCUT2D eigenvalue weighted by atomic mass is 32.2. The number of carbonyl (C=O) groups is 1. The zero-order valence-corrected chi connectivity index (χ0v) is 15.6. The highest BCUT2D eigenvalue weighted by molar-refractivity contribution is 7.91. The Balaban J connectivity index is 1.56. The van der Waals surface area contributed by atoms with Gasteiger partial charge in [0.1, 0.15) is 15.8 Å². The quantitative estimate of drug-likeness (QED) is 0.738. The van der Waals surface area contributed by atoms with Crippen LogP contribution in [-0.4, -0.2) is 36.2 Å². The Hall–Kier alpha value is -2.23. The number of hydrogen-bond donors (Lipinski definition) is 1. The Kier molecular flexibility index (Phi) is 4.29. The van der Waals surface area contributed by atoms with Gasteiger partial charge in [-0.3, -0.25) is 4.79 Å². The molecule has 0 bridgehead atoms. The molecule has 3 aromatic rings. The van der Waals surface area contributed by atoms with Crippen LogP contribution in [0.25, 0.3) is 11.1 Å². The average Bonchev–Trinajstić information content (AvgIpc) is 3.34. The molecule has 1 amide bonds. The van der Waals surface area contributed by atoms with Gasteiger partial charge in [-0.15, -0.1) is 11.3 Å². The molecule has 26 heavy (non-hydrogen) atoms. The zero-order valence-electron chi connectivity index (χ0n) is 14.0. The van der Waals surface area contributed by atoms with Crippen molar-refractivity contribution in [2.45, 2.75) is 30.0 Å². The lowest BCUT2D eigenvalue weighted by Gasteiger charge is -2.22. The number of carbonyl (C=O) groups excluding carboxylic acids is 1. The van der Waals surface area contributed by atoms with Crippen molar-refractivity contribution in [1.29, 1.82) is 0 Å². The van der Waals surface area contributed by atoms with E-state index in [0.717, 1.165) is 11.3 Å². The van der Waals surface area contributed by atoms with E-state index in [1.54, 1.807) is 42.6 Å². The number of oxazole rings is 1. The molecule has 3 heterocycles. The van der Waals surface area contributed by atoms with Crippen molar-refractivity contribution in [3.05, 3.63) is 41.6 Å². The minimum Gasteiger partial charge on any atom is -0.441 e. The van der Waals surface area contributed by atoms with Gasteiger partial charge in [0.25, 0.3) is 10.0 Å². The predicted octanol–water partition coefficient (Wildman–Crippen LogP) is 2.99. The number of hydrogen-bond acceptors (Lipinski definition) is 6. The number of thiophene rings is 1. The van der Waals surface area contributed by atoms with Gasteiger partial charge in [0.2, 0.25) is 5.91 Å². The molecule has 0 saturated carbocycles. The maximum absolute atomic E-state index is 12.8. The van der Waals surface area contributed by atoms with Crippen LogP contribution >= 0.6 is 11.3 Å². The molecule has 0 unspecified atom stereocenters. The first-order chi connectivity index (χ1) is 12.4. The first-order valence-electron chi connectivity index (χ1n) is 8.18. The highest BCUT2D eigenvalue weighted by Crippen LogP contribution is 2.29. The number of sulfonamides is 1. The fourth-order valence-corrected chi connectivity index (χ4v) is 5.93. The maximum Gasteiger partial charge on any atom is 0.253 e. The summed E-state index contributed by atoms with van der Waals surface area (Å²) in [5.41, 5.74) is 1.84. The summed E-state index contributed by atoms with van der Waals surface area (Å²) < 4.78 is 32.6. The van der Waals surface area contributed by atoms with Gasteiger partial charge in [0.05, 0.1) is 0 Å². The van der Waals surface area contributed by atoms with Crippen molar-refractivity contribution in [2.24, 2.45) is 0 Å². The van der Waals surface area contributed by atoms with Crippen LogP contribution in [0.5, 0.6) is 0 Å². The van der Waals surface area contributed by atoms with Gasteiger partial charge in [0, 0.05) is 25.2 Å². The summed E-state index contributed by atoms with van der Waals surface area (Å²) in [5.74, 6) is 0.214. The Morgan fingerprint density at radius 3 is 3.00 bits per heavy atom. The van der Waals surface area contributed by atoms with E-state index in [2.05, 4.69) is 10.3 Å². The van der Waals surface area contributed by atoms with E-state index in [0.29, 0.717) is 42.1 Å². The molecule has 0 spiro atoms. The molecule has 1 aliphatic rings. The monoisotopic (exact) mass is 391 g/mol. The van der Waals surface area contributed by atoms with Crippen molar-refractivity contribution >= 4 is 44.1 Å². The fourth-order valence-electron chi connectivity index (χ4n) is 3.16. The molecular weight excluding hydrogens is 374 g/mol. The smallest absolute Gasteiger partial charge is 0.253 e. The molecule has 1 fully saturated rings. The standard InChI is InChI=1S/C17H17N3O4S2/c1-11-18-13-7-6-12(10-15(13)24-11)19-17(21)14-4-2-8-20(14)26(22,23)16-5-3-9-25-16/h3,5-7,9-10,14H,2,4,8H2,1H3,(H,19,21)/t14-/m0/s1. The first kappa shape index (κ1) is 17.2. The van der Waals surface area contributed by atoms with Crippen LogP contribution < -0.4 is 5.32 Å². The second kappa shape index (κ2) is 6.49. The third-order valence-electron chi connectivity index (χ3n) is 4.33. The summed E-state index contributed by atoms with van der Waals surface area (Å²) >= 11 is 1.16. The fraction of sp³-hybridized carbons (Fsp3) is 0.294. The van der Waals surface area contributed by atoms with Gasteiger partial charge in [-0.05, 0) is 36.4 Å². The van der Waals surface area contributed by atoms with Crippen LogP contribution in [0.15, 0.2) is 44.3 Å². The number of benzene rings is 1. The van der Waals surface area contributed by atoms with Crippen LogP contribution in [0.4, 0.5) is 5.69 Å². The van der Waals surface area contributed by atoms with Crippen LogP contribution in [0.3, 0.4) is 0 Å². The molecule has 0 aliphatic carbocycles. The SMILES string of the molecule is Cc1nc2ccc(NC(=O)[C@@H]3CCCN3S(=O)(=O)c3cccs3)cc2o1. The van der Waals surface area contributed by atoms with E-state index in [-0.39, 0.29) is 10.1 Å². The number of aromatic nitrogens is 1. The first-order valence-corrected chi connectivity index (χ1v) is 10.5. The van der Waals surface area contributed by atoms with Gasteiger partial charge >= 0.3 is 0 Å².